The summed E-state index contributed by atoms with van der Waals surface area (Å²) >= 11 is 0. The van der Waals surface area contributed by atoms with Gasteiger partial charge in [0.25, 0.3) is 0 Å². The number of aryl methyl sites for hydroxylation is 1. The predicted octanol–water partition coefficient (Wildman–Crippen LogP) is 1.89. The van der Waals surface area contributed by atoms with E-state index in [1.54, 1.807) is 24.7 Å². The summed E-state index contributed by atoms with van der Waals surface area (Å²) in [6.07, 6.45) is 5.82. The number of hydrogen-bond donors (Lipinski definition) is 2. The largest absolute Gasteiger partial charge is 0.322 e. The molecule has 3 N–H and O–H groups in total. The predicted molar refractivity (Wildman–Crippen MR) is 82.2 cm³/mol. The number of rotatable bonds is 5. The van der Waals surface area contributed by atoms with Crippen LogP contribution in [0, 0.1) is 12.8 Å². The second-order valence-electron chi connectivity index (χ2n) is 5.44. The van der Waals surface area contributed by atoms with Crippen molar-refractivity contribution in [2.75, 3.05) is 5.32 Å². The van der Waals surface area contributed by atoms with Gasteiger partial charge in [0.2, 0.25) is 5.91 Å². The molecule has 0 saturated carbocycles. The molecule has 2 aromatic rings. The van der Waals surface area contributed by atoms with Crippen LogP contribution in [0.2, 0.25) is 0 Å². The number of aromatic nitrogens is 3. The van der Waals surface area contributed by atoms with E-state index >= 15 is 0 Å². The summed E-state index contributed by atoms with van der Waals surface area (Å²) in [7, 11) is 0. The number of carbonyl (C=O) groups is 1. The van der Waals surface area contributed by atoms with Crippen molar-refractivity contribution >= 4 is 11.6 Å². The summed E-state index contributed by atoms with van der Waals surface area (Å²) in [4.78, 5) is 20.7. The molecular formula is C15H21N5O. The summed E-state index contributed by atoms with van der Waals surface area (Å²) in [6.45, 7) is 5.96. The Bertz CT molecular complexity index is 620. The van der Waals surface area contributed by atoms with E-state index in [4.69, 9.17) is 5.73 Å². The molecule has 6 heteroatoms. The van der Waals surface area contributed by atoms with Gasteiger partial charge in [-0.05, 0) is 31.4 Å². The van der Waals surface area contributed by atoms with Gasteiger partial charge in [0.1, 0.15) is 5.82 Å². The van der Waals surface area contributed by atoms with Crippen molar-refractivity contribution in [3.63, 3.8) is 0 Å². The molecule has 2 aromatic heterocycles. The lowest BCUT2D eigenvalue weighted by atomic mass is 10.0. The molecule has 1 atom stereocenters. The summed E-state index contributed by atoms with van der Waals surface area (Å²) in [5.41, 5.74) is 6.54. The summed E-state index contributed by atoms with van der Waals surface area (Å²) < 4.78 is 1.82. The van der Waals surface area contributed by atoms with Crippen LogP contribution in [-0.2, 0) is 4.79 Å². The maximum absolute atomic E-state index is 12.2. The number of pyridine rings is 1. The van der Waals surface area contributed by atoms with E-state index in [1.165, 1.54) is 0 Å². The number of nitrogens with two attached hydrogens (primary N) is 1. The van der Waals surface area contributed by atoms with Gasteiger partial charge in [-0.15, -0.1) is 0 Å². The molecule has 2 heterocycles. The highest BCUT2D eigenvalue weighted by atomic mass is 16.2. The van der Waals surface area contributed by atoms with E-state index in [0.29, 0.717) is 23.8 Å². The van der Waals surface area contributed by atoms with E-state index in [1.807, 2.05) is 31.4 Å². The van der Waals surface area contributed by atoms with Gasteiger partial charge >= 0.3 is 0 Å². The molecule has 0 aromatic carbocycles. The molecule has 0 aliphatic carbocycles. The van der Waals surface area contributed by atoms with Crippen LogP contribution in [0.5, 0.6) is 0 Å². The quantitative estimate of drug-likeness (QED) is 0.879. The van der Waals surface area contributed by atoms with Crippen molar-refractivity contribution in [2.45, 2.75) is 33.2 Å². The Labute approximate surface area is 124 Å². The molecule has 6 nitrogen and oxygen atoms in total. The number of anilines is 1. The number of imidazole rings is 1. The molecule has 1 amide bonds. The lowest BCUT2D eigenvalue weighted by Crippen LogP contribution is -2.37. The van der Waals surface area contributed by atoms with Gasteiger partial charge in [-0.3, -0.25) is 9.36 Å². The zero-order valence-electron chi connectivity index (χ0n) is 12.6. The Balaban J connectivity index is 2.22. The van der Waals surface area contributed by atoms with E-state index in [-0.39, 0.29) is 5.91 Å². The molecule has 0 fully saturated rings. The van der Waals surface area contributed by atoms with Crippen LogP contribution in [-0.4, -0.2) is 26.5 Å². The minimum absolute atomic E-state index is 0.198. The Kier molecular flexibility index (Phi) is 4.70. The van der Waals surface area contributed by atoms with Gasteiger partial charge in [-0.1, -0.05) is 13.8 Å². The highest BCUT2D eigenvalue weighted by Gasteiger charge is 2.17. The molecule has 0 aliphatic heterocycles. The Morgan fingerprint density at radius 2 is 2.14 bits per heavy atom. The SMILES string of the molecule is Cc1nccn1-c1ncccc1NC(=O)C(N)CC(C)C. The zero-order chi connectivity index (χ0) is 15.4. The third-order valence-corrected chi connectivity index (χ3v) is 3.16. The first-order valence-electron chi connectivity index (χ1n) is 7.01. The second kappa shape index (κ2) is 6.49. The molecule has 0 aliphatic rings. The van der Waals surface area contributed by atoms with E-state index in [9.17, 15) is 4.79 Å². The topological polar surface area (TPSA) is 85.8 Å². The van der Waals surface area contributed by atoms with Gasteiger partial charge in [0.15, 0.2) is 5.82 Å². The number of hydrogen-bond acceptors (Lipinski definition) is 4. The molecule has 112 valence electrons. The summed E-state index contributed by atoms with van der Waals surface area (Å²) in [5.74, 6) is 1.61. The van der Waals surface area contributed by atoms with Gasteiger partial charge in [-0.2, -0.15) is 0 Å². The first-order chi connectivity index (χ1) is 9.99. The molecule has 0 bridgehead atoms. The number of nitrogens with zero attached hydrogens (tertiary/aromatic N) is 3. The van der Waals surface area contributed by atoms with Crippen LogP contribution in [0.4, 0.5) is 5.69 Å². The fourth-order valence-electron chi connectivity index (χ4n) is 2.13. The van der Waals surface area contributed by atoms with Gasteiger partial charge in [-0.25, -0.2) is 9.97 Å². The molecule has 21 heavy (non-hydrogen) atoms. The minimum atomic E-state index is -0.526. The van der Waals surface area contributed by atoms with Crippen LogP contribution >= 0.6 is 0 Å². The standard InChI is InChI=1S/C15H21N5O/c1-10(2)9-12(16)15(21)19-13-5-4-6-18-14(13)20-8-7-17-11(20)3/h4-8,10,12H,9,16H2,1-3H3,(H,19,21). The zero-order valence-corrected chi connectivity index (χ0v) is 12.6. The van der Waals surface area contributed by atoms with Crippen LogP contribution < -0.4 is 11.1 Å². The Morgan fingerprint density at radius 3 is 2.76 bits per heavy atom. The van der Waals surface area contributed by atoms with Crippen LogP contribution in [0.25, 0.3) is 5.82 Å². The molecule has 1 unspecified atom stereocenters. The van der Waals surface area contributed by atoms with Crippen molar-refractivity contribution in [1.29, 1.82) is 0 Å². The Hall–Kier alpha value is -2.21. The van der Waals surface area contributed by atoms with Crippen molar-refractivity contribution in [1.82, 2.24) is 14.5 Å². The van der Waals surface area contributed by atoms with Crippen LogP contribution in [0.15, 0.2) is 30.7 Å². The highest BCUT2D eigenvalue weighted by Crippen LogP contribution is 2.19. The third-order valence-electron chi connectivity index (χ3n) is 3.16. The van der Waals surface area contributed by atoms with E-state index < -0.39 is 6.04 Å². The van der Waals surface area contributed by atoms with E-state index in [0.717, 1.165) is 5.82 Å². The number of carbonyl (C=O) groups excluding carboxylic acids is 1. The Morgan fingerprint density at radius 1 is 1.38 bits per heavy atom. The third kappa shape index (κ3) is 3.66. The lowest BCUT2D eigenvalue weighted by molar-refractivity contribution is -0.117. The van der Waals surface area contributed by atoms with E-state index in [2.05, 4.69) is 15.3 Å². The maximum atomic E-state index is 12.2. The second-order valence-corrected chi connectivity index (χ2v) is 5.44. The van der Waals surface area contributed by atoms with Crippen molar-refractivity contribution in [3.8, 4) is 5.82 Å². The fourth-order valence-corrected chi connectivity index (χ4v) is 2.13. The lowest BCUT2D eigenvalue weighted by Gasteiger charge is -2.16. The average Bonchev–Trinajstić information content (AvgIpc) is 2.84. The van der Waals surface area contributed by atoms with Crippen molar-refractivity contribution in [3.05, 3.63) is 36.5 Å². The average molecular weight is 287 g/mol. The van der Waals surface area contributed by atoms with Crippen molar-refractivity contribution < 1.29 is 4.79 Å². The molecule has 0 radical (unpaired) electrons. The summed E-state index contributed by atoms with van der Waals surface area (Å²) in [5, 5.41) is 2.86. The number of nitrogens with one attached hydrogen (secondary N) is 1. The highest BCUT2D eigenvalue weighted by molar-refractivity contribution is 5.96. The first kappa shape index (κ1) is 15.2. The molecule has 0 spiro atoms. The molecular weight excluding hydrogens is 266 g/mol. The minimum Gasteiger partial charge on any atom is -0.322 e. The fraction of sp³-hybridized carbons (Fsp3) is 0.400. The van der Waals surface area contributed by atoms with Gasteiger partial charge in [0, 0.05) is 18.6 Å². The van der Waals surface area contributed by atoms with Gasteiger partial charge < -0.3 is 11.1 Å². The molecule has 2 rings (SSSR count). The first-order valence-corrected chi connectivity index (χ1v) is 7.01. The normalized spacial score (nSPS) is 12.4. The maximum Gasteiger partial charge on any atom is 0.241 e. The number of amides is 1. The van der Waals surface area contributed by atoms with Crippen molar-refractivity contribution in [2.24, 2.45) is 11.7 Å². The summed E-state index contributed by atoms with van der Waals surface area (Å²) in [6, 6.07) is 3.06. The monoisotopic (exact) mass is 287 g/mol. The van der Waals surface area contributed by atoms with Crippen LogP contribution in [0.3, 0.4) is 0 Å². The smallest absolute Gasteiger partial charge is 0.241 e. The molecule has 0 saturated heterocycles. The van der Waals surface area contributed by atoms with Crippen LogP contribution in [0.1, 0.15) is 26.1 Å². The van der Waals surface area contributed by atoms with Gasteiger partial charge in [0.05, 0.1) is 11.7 Å².